The van der Waals surface area contributed by atoms with Crippen molar-refractivity contribution < 1.29 is 14.3 Å². The third-order valence-corrected chi connectivity index (χ3v) is 3.79. The normalized spacial score (nSPS) is 17.5. The first-order chi connectivity index (χ1) is 11.1. The van der Waals surface area contributed by atoms with Crippen LogP contribution in [0.3, 0.4) is 0 Å². The van der Waals surface area contributed by atoms with Crippen molar-refractivity contribution in [1.82, 2.24) is 4.90 Å². The molecular formula is C19H17NO3. The summed E-state index contributed by atoms with van der Waals surface area (Å²) in [6.07, 6.45) is 2.51. The van der Waals surface area contributed by atoms with Crippen molar-refractivity contribution in [3.05, 3.63) is 77.4 Å². The van der Waals surface area contributed by atoms with Crippen LogP contribution in [0.4, 0.5) is 4.79 Å². The van der Waals surface area contributed by atoms with Crippen LogP contribution in [0.5, 0.6) is 0 Å². The lowest BCUT2D eigenvalue weighted by Gasteiger charge is -2.18. The van der Waals surface area contributed by atoms with Crippen LogP contribution >= 0.6 is 0 Å². The smallest absolute Gasteiger partial charge is 0.417 e. The van der Waals surface area contributed by atoms with Crippen LogP contribution in [0, 0.1) is 6.92 Å². The van der Waals surface area contributed by atoms with E-state index in [1.165, 1.54) is 11.0 Å². The Morgan fingerprint density at radius 2 is 1.83 bits per heavy atom. The van der Waals surface area contributed by atoms with Gasteiger partial charge in [-0.2, -0.15) is 0 Å². The minimum atomic E-state index is -0.600. The molecular weight excluding hydrogens is 290 g/mol. The second kappa shape index (κ2) is 6.48. The van der Waals surface area contributed by atoms with E-state index in [0.29, 0.717) is 0 Å². The predicted molar refractivity (Wildman–Crippen MR) is 87.6 cm³/mol. The third kappa shape index (κ3) is 3.31. The van der Waals surface area contributed by atoms with Crippen LogP contribution in [-0.4, -0.2) is 23.5 Å². The number of imide groups is 1. The Balaban J connectivity index is 1.79. The van der Waals surface area contributed by atoms with Crippen molar-refractivity contribution in [3.8, 4) is 0 Å². The van der Waals surface area contributed by atoms with E-state index in [-0.39, 0.29) is 18.6 Å². The molecule has 0 aromatic heterocycles. The van der Waals surface area contributed by atoms with Crippen molar-refractivity contribution in [2.75, 3.05) is 6.61 Å². The van der Waals surface area contributed by atoms with Crippen molar-refractivity contribution >= 4 is 18.1 Å². The van der Waals surface area contributed by atoms with Crippen molar-refractivity contribution in [3.63, 3.8) is 0 Å². The van der Waals surface area contributed by atoms with Crippen molar-refractivity contribution in [2.45, 2.75) is 13.0 Å². The number of hydrogen-bond acceptors (Lipinski definition) is 3. The zero-order chi connectivity index (χ0) is 16.2. The summed E-state index contributed by atoms with van der Waals surface area (Å²) in [6.45, 7) is 2.19. The molecule has 2 aromatic carbocycles. The highest BCUT2D eigenvalue weighted by molar-refractivity contribution is 6.02. The number of carbonyl (C=O) groups is 2. The van der Waals surface area contributed by atoms with E-state index in [1.807, 2.05) is 61.5 Å². The maximum Gasteiger partial charge on any atom is 0.417 e. The lowest BCUT2D eigenvalue weighted by Crippen LogP contribution is -2.32. The number of cyclic esters (lactones) is 1. The predicted octanol–water partition coefficient (Wildman–Crippen LogP) is 3.73. The summed E-state index contributed by atoms with van der Waals surface area (Å²) in [5.41, 5.74) is 2.95. The highest BCUT2D eigenvalue weighted by Crippen LogP contribution is 2.27. The second-order valence-electron chi connectivity index (χ2n) is 5.46. The van der Waals surface area contributed by atoms with Gasteiger partial charge in [-0.05, 0) is 24.1 Å². The van der Waals surface area contributed by atoms with E-state index in [2.05, 4.69) is 0 Å². The number of hydrogen-bond donors (Lipinski definition) is 0. The monoisotopic (exact) mass is 307 g/mol. The molecule has 2 aromatic rings. The molecule has 3 rings (SSSR count). The molecule has 0 spiro atoms. The largest absolute Gasteiger partial charge is 0.446 e. The topological polar surface area (TPSA) is 46.6 Å². The Kier molecular flexibility index (Phi) is 4.24. The zero-order valence-corrected chi connectivity index (χ0v) is 12.8. The highest BCUT2D eigenvalue weighted by atomic mass is 16.6. The Morgan fingerprint density at radius 3 is 2.52 bits per heavy atom. The number of nitrogens with zero attached hydrogens (tertiary/aromatic N) is 1. The molecule has 1 saturated heterocycles. The number of benzene rings is 2. The third-order valence-electron chi connectivity index (χ3n) is 3.79. The molecule has 23 heavy (non-hydrogen) atoms. The molecule has 4 nitrogen and oxygen atoms in total. The van der Waals surface area contributed by atoms with E-state index in [9.17, 15) is 9.59 Å². The van der Waals surface area contributed by atoms with Crippen molar-refractivity contribution in [2.24, 2.45) is 0 Å². The number of amides is 2. The van der Waals surface area contributed by atoms with Gasteiger partial charge in [0.25, 0.3) is 5.91 Å². The Hall–Kier alpha value is -2.88. The van der Waals surface area contributed by atoms with Crippen LogP contribution in [0.15, 0.2) is 60.7 Å². The van der Waals surface area contributed by atoms with Gasteiger partial charge in [0.2, 0.25) is 0 Å². The van der Waals surface area contributed by atoms with Gasteiger partial charge in [-0.1, -0.05) is 60.2 Å². The van der Waals surface area contributed by atoms with Crippen LogP contribution < -0.4 is 0 Å². The number of ether oxygens (including phenoxy) is 1. The summed E-state index contributed by atoms with van der Waals surface area (Å²) in [5.74, 6) is -0.373. The molecule has 1 aliphatic rings. The molecule has 116 valence electrons. The average Bonchev–Trinajstić information content (AvgIpc) is 2.96. The first-order valence-electron chi connectivity index (χ1n) is 7.45. The van der Waals surface area contributed by atoms with Gasteiger partial charge in [0.15, 0.2) is 0 Å². The molecule has 0 bridgehead atoms. The van der Waals surface area contributed by atoms with E-state index in [4.69, 9.17) is 4.74 Å². The fourth-order valence-electron chi connectivity index (χ4n) is 2.51. The number of rotatable bonds is 3. The molecule has 1 unspecified atom stereocenters. The van der Waals surface area contributed by atoms with E-state index in [1.54, 1.807) is 6.08 Å². The quantitative estimate of drug-likeness (QED) is 0.812. The molecule has 2 amide bonds. The van der Waals surface area contributed by atoms with Crippen LogP contribution in [-0.2, 0) is 9.53 Å². The number of aryl methyl sites for hydroxylation is 1. The summed E-state index contributed by atoms with van der Waals surface area (Å²) in [4.78, 5) is 25.5. The number of carbonyl (C=O) groups excluding carboxylic acids is 2. The van der Waals surface area contributed by atoms with Crippen LogP contribution in [0.1, 0.15) is 22.7 Å². The summed E-state index contributed by atoms with van der Waals surface area (Å²) in [5, 5.41) is 0. The van der Waals surface area contributed by atoms with Gasteiger partial charge in [0, 0.05) is 6.08 Å². The summed E-state index contributed by atoms with van der Waals surface area (Å²) >= 11 is 0. The van der Waals surface area contributed by atoms with Crippen LogP contribution in [0.25, 0.3) is 6.08 Å². The lowest BCUT2D eigenvalue weighted by atomic mass is 10.1. The Bertz CT molecular complexity index is 735. The molecule has 0 saturated carbocycles. The molecule has 4 heteroatoms. The average molecular weight is 307 g/mol. The molecule has 1 heterocycles. The molecule has 1 aliphatic heterocycles. The highest BCUT2D eigenvalue weighted by Gasteiger charge is 2.37. The Morgan fingerprint density at radius 1 is 1.13 bits per heavy atom. The summed E-state index contributed by atoms with van der Waals surface area (Å²) in [7, 11) is 0. The van der Waals surface area contributed by atoms with Gasteiger partial charge in [0.1, 0.15) is 12.6 Å². The van der Waals surface area contributed by atoms with Gasteiger partial charge in [-0.3, -0.25) is 4.79 Å². The minimum absolute atomic E-state index is 0.187. The van der Waals surface area contributed by atoms with E-state index < -0.39 is 6.09 Å². The van der Waals surface area contributed by atoms with Gasteiger partial charge >= 0.3 is 6.09 Å². The zero-order valence-electron chi connectivity index (χ0n) is 12.8. The standard InChI is InChI=1S/C19H17NO3/c1-14-7-9-15(10-8-14)11-12-18(21)20-17(13-23-19(20)22)16-5-3-2-4-6-16/h2-12,17H,13H2,1H3/b12-11+. The minimum Gasteiger partial charge on any atom is -0.446 e. The Labute approximate surface area is 135 Å². The van der Waals surface area contributed by atoms with Crippen molar-refractivity contribution in [1.29, 1.82) is 0 Å². The van der Waals surface area contributed by atoms with Gasteiger partial charge in [-0.15, -0.1) is 0 Å². The van der Waals surface area contributed by atoms with Crippen LogP contribution in [0.2, 0.25) is 0 Å². The van der Waals surface area contributed by atoms with E-state index in [0.717, 1.165) is 16.7 Å². The van der Waals surface area contributed by atoms with Gasteiger partial charge in [0.05, 0.1) is 0 Å². The second-order valence-corrected chi connectivity index (χ2v) is 5.46. The molecule has 0 aliphatic carbocycles. The molecule has 1 fully saturated rings. The first kappa shape index (κ1) is 15.0. The van der Waals surface area contributed by atoms with E-state index >= 15 is 0 Å². The lowest BCUT2D eigenvalue weighted by molar-refractivity contribution is -0.124. The molecule has 0 radical (unpaired) electrons. The maximum absolute atomic E-state index is 12.4. The van der Waals surface area contributed by atoms with Gasteiger partial charge in [-0.25, -0.2) is 9.69 Å². The summed E-state index contributed by atoms with van der Waals surface area (Å²) < 4.78 is 5.05. The van der Waals surface area contributed by atoms with Gasteiger partial charge < -0.3 is 4.74 Å². The first-order valence-corrected chi connectivity index (χ1v) is 7.45. The fourth-order valence-corrected chi connectivity index (χ4v) is 2.51. The SMILES string of the molecule is Cc1ccc(/C=C/C(=O)N2C(=O)OCC2c2ccccc2)cc1. The molecule has 1 atom stereocenters. The maximum atomic E-state index is 12.4. The molecule has 0 N–H and O–H groups in total. The fraction of sp³-hybridized carbons (Fsp3) is 0.158. The summed E-state index contributed by atoms with van der Waals surface area (Å²) in [6, 6.07) is 16.8.